The molecule has 1 heterocycles. The number of nitrogens with one attached hydrogen (secondary N) is 1. The van der Waals surface area contributed by atoms with Gasteiger partial charge in [0.15, 0.2) is 0 Å². The van der Waals surface area contributed by atoms with E-state index in [2.05, 4.69) is 9.98 Å². The molecule has 0 atom stereocenters. The van der Waals surface area contributed by atoms with Gasteiger partial charge in [0.05, 0.1) is 16.3 Å². The molecule has 0 aliphatic heterocycles. The third kappa shape index (κ3) is 3.35. The maximum Gasteiger partial charge on any atom is 0.270 e. The fourth-order valence-electron chi connectivity index (χ4n) is 3.05. The summed E-state index contributed by atoms with van der Waals surface area (Å²) >= 11 is 0. The van der Waals surface area contributed by atoms with E-state index in [4.69, 9.17) is 0 Å². The van der Waals surface area contributed by atoms with Crippen LogP contribution >= 0.6 is 0 Å². The molecule has 132 valence electrons. The third-order valence-corrected chi connectivity index (χ3v) is 4.47. The van der Waals surface area contributed by atoms with E-state index in [0.29, 0.717) is 0 Å². The number of nitro groups is 1. The van der Waals surface area contributed by atoms with Crippen molar-refractivity contribution >= 4 is 28.5 Å². The average Bonchev–Trinajstić information content (AvgIpc) is 3.06. The SMILES string of the molecule is Cc1ccc(N=Cc2c(-c3ccccc3)[nH]c3ccc([N+](=O)[O-])cc23)cc1. The number of hydrogen-bond acceptors (Lipinski definition) is 3. The summed E-state index contributed by atoms with van der Waals surface area (Å²) in [6.07, 6.45) is 1.77. The molecule has 0 fully saturated rings. The molecule has 0 radical (unpaired) electrons. The second kappa shape index (κ2) is 6.88. The second-order valence-corrected chi connectivity index (χ2v) is 6.36. The molecule has 27 heavy (non-hydrogen) atoms. The van der Waals surface area contributed by atoms with Gasteiger partial charge in [-0.2, -0.15) is 0 Å². The van der Waals surface area contributed by atoms with Gasteiger partial charge in [-0.1, -0.05) is 48.0 Å². The van der Waals surface area contributed by atoms with Crippen LogP contribution in [0.1, 0.15) is 11.1 Å². The zero-order chi connectivity index (χ0) is 18.8. The van der Waals surface area contributed by atoms with Gasteiger partial charge >= 0.3 is 0 Å². The Labute approximate surface area is 156 Å². The molecular formula is C22H17N3O2. The standard InChI is InChI=1S/C22H17N3O2/c1-15-7-9-17(10-8-15)23-14-20-19-13-18(25(26)27)11-12-21(19)24-22(20)16-5-3-2-4-6-16/h2-14,24H,1H3. The van der Waals surface area contributed by atoms with Crippen LogP contribution in [0.5, 0.6) is 0 Å². The van der Waals surface area contributed by atoms with Crippen molar-refractivity contribution in [3.63, 3.8) is 0 Å². The van der Waals surface area contributed by atoms with Gasteiger partial charge < -0.3 is 4.98 Å². The van der Waals surface area contributed by atoms with Gasteiger partial charge in [0, 0.05) is 34.8 Å². The Morgan fingerprint density at radius 3 is 2.44 bits per heavy atom. The van der Waals surface area contributed by atoms with Gasteiger partial charge in [0.1, 0.15) is 0 Å². The minimum absolute atomic E-state index is 0.0612. The Bertz CT molecular complexity index is 1140. The quantitative estimate of drug-likeness (QED) is 0.285. The summed E-state index contributed by atoms with van der Waals surface area (Å²) in [4.78, 5) is 18.8. The zero-order valence-corrected chi connectivity index (χ0v) is 14.7. The van der Waals surface area contributed by atoms with Crippen LogP contribution in [-0.4, -0.2) is 16.1 Å². The molecule has 4 aromatic rings. The van der Waals surface area contributed by atoms with E-state index in [-0.39, 0.29) is 10.6 Å². The molecule has 0 saturated heterocycles. The first-order valence-electron chi connectivity index (χ1n) is 8.58. The van der Waals surface area contributed by atoms with Crippen LogP contribution in [-0.2, 0) is 0 Å². The fourth-order valence-corrected chi connectivity index (χ4v) is 3.05. The van der Waals surface area contributed by atoms with Crippen LogP contribution < -0.4 is 0 Å². The number of H-pyrrole nitrogens is 1. The van der Waals surface area contributed by atoms with Gasteiger partial charge in [-0.05, 0) is 30.7 Å². The molecule has 0 spiro atoms. The van der Waals surface area contributed by atoms with Gasteiger partial charge in [-0.3, -0.25) is 15.1 Å². The highest BCUT2D eigenvalue weighted by Gasteiger charge is 2.15. The molecule has 0 aliphatic carbocycles. The Hall–Kier alpha value is -3.73. The highest BCUT2D eigenvalue weighted by molar-refractivity contribution is 6.07. The Morgan fingerprint density at radius 1 is 1.00 bits per heavy atom. The van der Waals surface area contributed by atoms with Crippen LogP contribution in [0.15, 0.2) is 77.8 Å². The topological polar surface area (TPSA) is 71.3 Å². The number of hydrogen-bond donors (Lipinski definition) is 1. The number of nitro benzene ring substituents is 1. The van der Waals surface area contributed by atoms with Crippen LogP contribution in [0.25, 0.3) is 22.2 Å². The van der Waals surface area contributed by atoms with E-state index in [1.165, 1.54) is 11.6 Å². The summed E-state index contributed by atoms with van der Waals surface area (Å²) in [5.74, 6) is 0. The van der Waals surface area contributed by atoms with E-state index in [0.717, 1.165) is 33.4 Å². The number of aromatic nitrogens is 1. The number of fused-ring (bicyclic) bond motifs is 1. The predicted octanol–water partition coefficient (Wildman–Crippen LogP) is 5.80. The molecule has 4 rings (SSSR count). The van der Waals surface area contributed by atoms with Gasteiger partial charge in [-0.25, -0.2) is 0 Å². The maximum atomic E-state index is 11.2. The molecule has 0 bridgehead atoms. The highest BCUT2D eigenvalue weighted by Crippen LogP contribution is 2.32. The lowest BCUT2D eigenvalue weighted by Gasteiger charge is -2.01. The van der Waals surface area contributed by atoms with E-state index in [9.17, 15) is 10.1 Å². The lowest BCUT2D eigenvalue weighted by Crippen LogP contribution is -1.88. The number of rotatable bonds is 4. The number of non-ortho nitro benzene ring substituents is 1. The minimum Gasteiger partial charge on any atom is -0.354 e. The van der Waals surface area contributed by atoms with E-state index >= 15 is 0 Å². The molecule has 0 unspecified atom stereocenters. The van der Waals surface area contributed by atoms with Crippen LogP contribution in [0.3, 0.4) is 0 Å². The third-order valence-electron chi connectivity index (χ3n) is 4.47. The van der Waals surface area contributed by atoms with Crippen LogP contribution in [0.2, 0.25) is 0 Å². The summed E-state index contributed by atoms with van der Waals surface area (Å²) in [6.45, 7) is 2.03. The smallest absolute Gasteiger partial charge is 0.270 e. The monoisotopic (exact) mass is 355 g/mol. The summed E-state index contributed by atoms with van der Waals surface area (Å²) in [5, 5.41) is 12.0. The lowest BCUT2D eigenvalue weighted by atomic mass is 10.1. The van der Waals surface area contributed by atoms with Crippen molar-refractivity contribution in [1.82, 2.24) is 4.98 Å². The first-order valence-corrected chi connectivity index (χ1v) is 8.58. The molecular weight excluding hydrogens is 338 g/mol. The maximum absolute atomic E-state index is 11.2. The predicted molar refractivity (Wildman–Crippen MR) is 109 cm³/mol. The number of aryl methyl sites for hydroxylation is 1. The second-order valence-electron chi connectivity index (χ2n) is 6.36. The number of aromatic amines is 1. The Kier molecular flexibility index (Phi) is 4.26. The molecule has 3 aromatic carbocycles. The summed E-state index contributed by atoms with van der Waals surface area (Å²) < 4.78 is 0. The Balaban J connectivity index is 1.90. The molecule has 0 amide bonds. The van der Waals surface area contributed by atoms with Gasteiger partial charge in [0.25, 0.3) is 5.69 Å². The fraction of sp³-hybridized carbons (Fsp3) is 0.0455. The van der Waals surface area contributed by atoms with Crippen molar-refractivity contribution in [2.24, 2.45) is 4.99 Å². The van der Waals surface area contributed by atoms with Crippen molar-refractivity contribution in [2.45, 2.75) is 6.92 Å². The lowest BCUT2D eigenvalue weighted by molar-refractivity contribution is -0.384. The molecule has 0 aliphatic rings. The van der Waals surface area contributed by atoms with Crippen molar-refractivity contribution in [2.75, 3.05) is 0 Å². The van der Waals surface area contributed by atoms with Crippen molar-refractivity contribution in [3.8, 4) is 11.3 Å². The largest absolute Gasteiger partial charge is 0.354 e. The molecule has 5 nitrogen and oxygen atoms in total. The summed E-state index contributed by atoms with van der Waals surface area (Å²) in [5.41, 5.74) is 5.63. The first-order chi connectivity index (χ1) is 13.1. The molecule has 1 aromatic heterocycles. The molecule has 5 heteroatoms. The summed E-state index contributed by atoms with van der Waals surface area (Å²) in [7, 11) is 0. The van der Waals surface area contributed by atoms with E-state index in [1.54, 1.807) is 18.3 Å². The normalized spacial score (nSPS) is 11.3. The number of nitrogens with zero attached hydrogens (tertiary/aromatic N) is 2. The van der Waals surface area contributed by atoms with Gasteiger partial charge in [0.2, 0.25) is 0 Å². The average molecular weight is 355 g/mol. The van der Waals surface area contributed by atoms with Crippen molar-refractivity contribution in [3.05, 3.63) is 94.0 Å². The van der Waals surface area contributed by atoms with Crippen molar-refractivity contribution < 1.29 is 4.92 Å². The Morgan fingerprint density at radius 2 is 1.74 bits per heavy atom. The summed E-state index contributed by atoms with van der Waals surface area (Å²) in [6, 6.07) is 22.6. The number of aliphatic imine (C=N–C) groups is 1. The first kappa shape index (κ1) is 16.7. The van der Waals surface area contributed by atoms with E-state index in [1.807, 2.05) is 61.5 Å². The van der Waals surface area contributed by atoms with E-state index < -0.39 is 0 Å². The van der Waals surface area contributed by atoms with Gasteiger partial charge in [-0.15, -0.1) is 0 Å². The number of benzene rings is 3. The zero-order valence-electron chi connectivity index (χ0n) is 14.7. The van der Waals surface area contributed by atoms with Crippen LogP contribution in [0, 0.1) is 17.0 Å². The molecule has 1 N–H and O–H groups in total. The minimum atomic E-state index is -0.379. The van der Waals surface area contributed by atoms with Crippen LogP contribution in [0.4, 0.5) is 11.4 Å². The highest BCUT2D eigenvalue weighted by atomic mass is 16.6. The van der Waals surface area contributed by atoms with Crippen molar-refractivity contribution in [1.29, 1.82) is 0 Å². The molecule has 0 saturated carbocycles.